The summed E-state index contributed by atoms with van der Waals surface area (Å²) in [6.45, 7) is 7.54. The van der Waals surface area contributed by atoms with E-state index in [2.05, 4.69) is 34.8 Å². The predicted octanol–water partition coefficient (Wildman–Crippen LogP) is 8.64. The summed E-state index contributed by atoms with van der Waals surface area (Å²) in [5, 5.41) is 56.0. The van der Waals surface area contributed by atoms with Crippen molar-refractivity contribution in [2.75, 3.05) is 44.4 Å². The van der Waals surface area contributed by atoms with Crippen molar-refractivity contribution in [2.45, 2.75) is 160 Å². The van der Waals surface area contributed by atoms with E-state index in [0.717, 1.165) is 64.7 Å². The molecule has 8 N–H and O–H groups in total. The number of fused-ring (bicyclic) bond motifs is 2. The Bertz CT molecular complexity index is 4620. The molecule has 13 rings (SSSR count). The Morgan fingerprint density at radius 1 is 0.829 bits per heavy atom. The van der Waals surface area contributed by atoms with E-state index < -0.39 is 93.8 Å². The Labute approximate surface area is 609 Å². The van der Waals surface area contributed by atoms with Crippen LogP contribution in [0, 0.1) is 23.2 Å². The number of likely N-dealkylation sites (N-methyl/N-ethyl adjacent to an activating group) is 1. The van der Waals surface area contributed by atoms with Crippen molar-refractivity contribution in [3.8, 4) is 28.1 Å². The second-order valence-electron chi connectivity index (χ2n) is 29.3. The number of amides is 6. The zero-order valence-electron chi connectivity index (χ0n) is 58.6. The number of aliphatic hydroxyl groups is 2. The summed E-state index contributed by atoms with van der Waals surface area (Å²) in [6.07, 6.45) is 4.31. The molecule has 5 heterocycles. The van der Waals surface area contributed by atoms with Crippen molar-refractivity contribution in [1.82, 2.24) is 40.2 Å². The number of aromatic carboxylic acids is 1. The molecule has 1 saturated heterocycles. The zero-order valence-corrected chi connectivity index (χ0v) is 60.2. The first-order valence-corrected chi connectivity index (χ1v) is 37.5. The van der Waals surface area contributed by atoms with Crippen LogP contribution in [0.15, 0.2) is 109 Å². The monoisotopic (exact) mass is 1480 g/mol. The maximum absolute atomic E-state index is 13.9. The van der Waals surface area contributed by atoms with Crippen molar-refractivity contribution < 1.29 is 90.7 Å². The van der Waals surface area contributed by atoms with Gasteiger partial charge >= 0.3 is 18.0 Å². The number of pyridine rings is 1. The maximum atomic E-state index is 13.9. The number of nitrogens with one attached hydrogen (secondary N) is 3. The molecule has 4 aliphatic carbocycles. The van der Waals surface area contributed by atoms with E-state index in [0.29, 0.717) is 94.7 Å². The fourth-order valence-corrected chi connectivity index (χ4v) is 18.5. The quantitative estimate of drug-likeness (QED) is 0.0114. The van der Waals surface area contributed by atoms with E-state index in [1.165, 1.54) is 28.4 Å². The number of aliphatic hydroxyl groups excluding tert-OH is 2. The third-order valence-corrected chi connectivity index (χ3v) is 22.3. The van der Waals surface area contributed by atoms with Gasteiger partial charge in [-0.05, 0) is 164 Å². The lowest BCUT2D eigenvalue weighted by Crippen LogP contribution is -2.64. The highest BCUT2D eigenvalue weighted by molar-refractivity contribution is 7.85. The Balaban J connectivity index is 0.666. The molecule has 5 fully saturated rings. The lowest BCUT2D eigenvalue weighted by molar-refractivity contribution is -0.248. The van der Waals surface area contributed by atoms with Crippen LogP contribution in [0.2, 0.25) is 0 Å². The summed E-state index contributed by atoms with van der Waals surface area (Å²) in [6, 6.07) is 25.5. The van der Waals surface area contributed by atoms with E-state index in [-0.39, 0.29) is 79.3 Å². The third kappa shape index (κ3) is 17.5. The van der Waals surface area contributed by atoms with Crippen LogP contribution in [-0.2, 0) is 67.9 Å². The third-order valence-electron chi connectivity index (χ3n) is 20.6. The second-order valence-corrected chi connectivity index (χ2v) is 31.9. The minimum absolute atomic E-state index is 0.00708. The number of carboxylic acid groups (broad SMARTS) is 2. The summed E-state index contributed by atoms with van der Waals surface area (Å²) in [7, 11) is -3.12. The summed E-state index contributed by atoms with van der Waals surface area (Å²) >= 11 is 1.38. The van der Waals surface area contributed by atoms with Gasteiger partial charge in [0, 0.05) is 86.2 Å². The molecule has 6 aliphatic rings. The van der Waals surface area contributed by atoms with E-state index in [9.17, 15) is 71.8 Å². The number of ether oxygens (including phenoxy) is 4. The normalized spacial score (nSPS) is 23.6. The summed E-state index contributed by atoms with van der Waals surface area (Å²) in [4.78, 5) is 114. The predicted molar refractivity (Wildman–Crippen MR) is 384 cm³/mol. The van der Waals surface area contributed by atoms with Gasteiger partial charge in [0.25, 0.3) is 27.8 Å². The molecule has 30 heteroatoms. The number of rotatable bonds is 31. The first-order chi connectivity index (χ1) is 49.9. The second kappa shape index (κ2) is 30.9. The first kappa shape index (κ1) is 75.1. The van der Waals surface area contributed by atoms with Crippen molar-refractivity contribution in [3.05, 3.63) is 137 Å². The number of benzene rings is 4. The smallest absolute Gasteiger partial charge is 0.409 e. The summed E-state index contributed by atoms with van der Waals surface area (Å²) < 4.78 is 60.9. The Morgan fingerprint density at radius 3 is 2.32 bits per heavy atom. The van der Waals surface area contributed by atoms with Crippen LogP contribution in [0.25, 0.3) is 43.4 Å². The molecule has 105 heavy (non-hydrogen) atoms. The van der Waals surface area contributed by atoms with Crippen LogP contribution < -0.4 is 20.7 Å². The molecule has 3 aromatic heterocycles. The Kier molecular flexibility index (Phi) is 22.1. The van der Waals surface area contributed by atoms with Crippen molar-refractivity contribution >= 4 is 95.1 Å². The average Bonchev–Trinajstić information content (AvgIpc) is 0.997. The number of carbonyl (C=O) groups is 8. The molecule has 0 spiro atoms. The molecule has 4 saturated carbocycles. The zero-order chi connectivity index (χ0) is 74.8. The number of aliphatic carboxylic acids is 1. The first-order valence-electron chi connectivity index (χ1n) is 35.0. The number of carbonyl (C=O) groups excluding carboxylic acids is 6. The van der Waals surface area contributed by atoms with Gasteiger partial charge in [-0.2, -0.15) is 13.5 Å². The van der Waals surface area contributed by atoms with Gasteiger partial charge < -0.3 is 54.9 Å². The highest BCUT2D eigenvalue weighted by Gasteiger charge is 2.66. The van der Waals surface area contributed by atoms with Gasteiger partial charge in [0.2, 0.25) is 18.1 Å². The SMILES string of the molecule is Cc1c(-c2ccc(-c3ccc4cccc(C(=O)Nc5nc6ccccc6s5)c4c3)nc2C(=O)O)cnn1CC12CC3(C)CC(C)(C1)CC(OCCN(C)C(=O)OCc1ccc(O[C@H]4C[C@@H](O)[C@H](O)[C@@H](C(=O)O)O4)cc1CCCCNC(=O)[C@H](CS(=O)(=O)O)NC(=O)CCCCCN1C(=O)C=CC1=O)(C3)C2. The van der Waals surface area contributed by atoms with Gasteiger partial charge in [-0.1, -0.05) is 74.1 Å². The molecule has 2 unspecified atom stereocenters. The van der Waals surface area contributed by atoms with Crippen LogP contribution in [-0.4, -0.2) is 186 Å². The molecule has 4 aromatic carbocycles. The summed E-state index contributed by atoms with van der Waals surface area (Å²) in [5.74, 6) is -6.29. The van der Waals surface area contributed by atoms with Crippen LogP contribution in [0.1, 0.15) is 135 Å². The summed E-state index contributed by atoms with van der Waals surface area (Å²) in [5.41, 5.74) is 4.29. The molecule has 2 aliphatic heterocycles. The average molecular weight is 1480 g/mol. The van der Waals surface area contributed by atoms with Crippen LogP contribution in [0.5, 0.6) is 5.75 Å². The number of aromatic nitrogens is 4. The number of para-hydroxylation sites is 1. The Morgan fingerprint density at radius 2 is 1.59 bits per heavy atom. The molecular weight excluding hydrogens is 1400 g/mol. The molecule has 556 valence electrons. The van der Waals surface area contributed by atoms with Crippen molar-refractivity contribution in [3.63, 3.8) is 0 Å². The lowest BCUT2D eigenvalue weighted by atomic mass is 9.39. The molecule has 28 nitrogen and oxygen atoms in total. The van der Waals surface area contributed by atoms with Gasteiger partial charge in [-0.25, -0.2) is 24.4 Å². The number of anilines is 1. The number of aryl methyl sites for hydroxylation is 1. The number of unbranched alkanes of at least 4 members (excludes halogenated alkanes) is 3. The van der Waals surface area contributed by atoms with Crippen LogP contribution in [0.4, 0.5) is 9.93 Å². The van der Waals surface area contributed by atoms with E-state index in [1.54, 1.807) is 49.6 Å². The van der Waals surface area contributed by atoms with E-state index >= 15 is 0 Å². The number of hydrogen-bond donors (Lipinski definition) is 8. The number of carboxylic acids is 2. The largest absolute Gasteiger partial charge is 0.479 e. The number of thiazole rings is 1. The van der Waals surface area contributed by atoms with Crippen LogP contribution in [0.3, 0.4) is 0 Å². The lowest BCUT2D eigenvalue weighted by Gasteiger charge is -2.69. The minimum atomic E-state index is -4.73. The molecular formula is C75H85N9O19S2. The standard InChI is InChI=1S/C75H85N9O19S2/c1-44-53(50-23-24-54(79-63(50)68(92)93)47-20-19-45-14-12-15-51(52(45)32-47)66(90)81-70-80-55-16-7-8-17-58(55)104-70)34-77-84(44)43-74-38-72(2)37-73(3,39-74)41-75(40-72,42-74)101-30-29-82(4)71(96)100-35-48-21-22-49(102-62-33-57(85)64(89)65(103-62)69(94)95)31-46(48)13-9-10-27-76-67(91)56(36-105(97,98)99)78-59(86)18-6-5-11-28-83-60(87)25-26-61(83)88/h7-8,12,14-17,19-26,31-32,34,56-57,62,64-65,85,89H,5-6,9-11,13,18,27-30,33,35-43H2,1-4H3,(H,76,91)(H,78,86)(H,92,93)(H,94,95)(H,80,81,90)(H,97,98,99)/t56-,57+,62+,64-,65-,72?,73?,74?,75?/m0/s1. The number of hydrogen-bond acceptors (Lipinski definition) is 20. The van der Waals surface area contributed by atoms with Gasteiger partial charge in [-0.15, -0.1) is 0 Å². The maximum Gasteiger partial charge on any atom is 0.409 e. The minimum Gasteiger partial charge on any atom is -0.479 e. The van der Waals surface area contributed by atoms with Gasteiger partial charge in [0.15, 0.2) is 16.9 Å². The van der Waals surface area contributed by atoms with Gasteiger partial charge in [0.1, 0.15) is 30.3 Å². The Hall–Kier alpha value is -9.56. The topological polar surface area (TPSA) is 395 Å². The highest BCUT2D eigenvalue weighted by Crippen LogP contribution is 2.72. The highest BCUT2D eigenvalue weighted by atomic mass is 32.2. The fraction of sp³-hybridized carbons (Fsp3) is 0.453. The van der Waals surface area contributed by atoms with Crippen LogP contribution >= 0.6 is 11.3 Å². The molecule has 7 atom stereocenters. The fourth-order valence-electron chi connectivity index (χ4n) is 16.9. The van der Waals surface area contributed by atoms with Crippen molar-refractivity contribution in [2.24, 2.45) is 16.2 Å². The molecule has 7 aromatic rings. The van der Waals surface area contributed by atoms with Gasteiger partial charge in [-0.3, -0.25) is 43.4 Å². The number of nitrogens with zero attached hydrogens (tertiary/aromatic N) is 6. The van der Waals surface area contributed by atoms with Gasteiger partial charge in [0.05, 0.1) is 40.4 Å². The van der Waals surface area contributed by atoms with Crippen molar-refractivity contribution in [1.29, 1.82) is 0 Å². The van der Waals surface area contributed by atoms with E-state index in [1.807, 2.05) is 66.2 Å². The molecule has 6 amide bonds. The number of imide groups is 1. The van der Waals surface area contributed by atoms with E-state index in [4.69, 9.17) is 29.0 Å². The molecule has 4 bridgehead atoms. The molecule has 0 radical (unpaired) electrons.